The van der Waals surface area contributed by atoms with E-state index in [1.165, 1.54) is 12.1 Å². The van der Waals surface area contributed by atoms with Crippen molar-refractivity contribution in [3.05, 3.63) is 38.9 Å². The molecule has 1 aliphatic rings. The monoisotopic (exact) mass is 313 g/mol. The number of nitrogens with zero attached hydrogens (tertiary/aromatic N) is 2. The van der Waals surface area contributed by atoms with Crippen molar-refractivity contribution in [3.63, 3.8) is 0 Å². The molecule has 116 valence electrons. The molecular formula is C14H20ClN3O3. The number of benzene rings is 1. The molecule has 1 atom stereocenters. The number of hydrogen-bond donors (Lipinski definition) is 1. The summed E-state index contributed by atoms with van der Waals surface area (Å²) in [6, 6.07) is 4.54. The van der Waals surface area contributed by atoms with Crippen molar-refractivity contribution in [2.75, 3.05) is 32.8 Å². The molecule has 1 aliphatic heterocycles. The van der Waals surface area contributed by atoms with Gasteiger partial charge in [-0.3, -0.25) is 15.0 Å². The van der Waals surface area contributed by atoms with Gasteiger partial charge in [0.25, 0.3) is 5.69 Å². The molecule has 2 rings (SSSR count). The number of nitrogens with one attached hydrogen (secondary N) is 1. The molecule has 1 fully saturated rings. The maximum absolute atomic E-state index is 10.7. The van der Waals surface area contributed by atoms with Crippen LogP contribution in [0.3, 0.4) is 0 Å². The van der Waals surface area contributed by atoms with Gasteiger partial charge in [0.2, 0.25) is 0 Å². The highest BCUT2D eigenvalue weighted by Gasteiger charge is 2.18. The van der Waals surface area contributed by atoms with Crippen LogP contribution in [0.1, 0.15) is 12.5 Å². The van der Waals surface area contributed by atoms with Crippen LogP contribution < -0.4 is 5.32 Å². The van der Waals surface area contributed by atoms with E-state index >= 15 is 0 Å². The van der Waals surface area contributed by atoms with E-state index < -0.39 is 4.92 Å². The second-order valence-electron chi connectivity index (χ2n) is 5.05. The molecule has 1 unspecified atom stereocenters. The quantitative estimate of drug-likeness (QED) is 0.643. The zero-order valence-electron chi connectivity index (χ0n) is 12.0. The summed E-state index contributed by atoms with van der Waals surface area (Å²) < 4.78 is 5.70. The van der Waals surface area contributed by atoms with E-state index in [4.69, 9.17) is 16.3 Å². The third-order valence-electron chi connectivity index (χ3n) is 3.61. The summed E-state index contributed by atoms with van der Waals surface area (Å²) in [6.07, 6.45) is 0.176. The molecule has 0 saturated carbocycles. The SMILES string of the molecule is CCN1CCOC(CNCc2ccc([N+](=O)[O-])cc2Cl)C1. The van der Waals surface area contributed by atoms with Crippen LogP contribution in [0.15, 0.2) is 18.2 Å². The summed E-state index contributed by atoms with van der Waals surface area (Å²) in [5.74, 6) is 0. The first-order valence-corrected chi connectivity index (χ1v) is 7.45. The molecule has 1 aromatic rings. The van der Waals surface area contributed by atoms with Crippen LogP contribution in [0.25, 0.3) is 0 Å². The lowest BCUT2D eigenvalue weighted by atomic mass is 10.2. The maximum atomic E-state index is 10.7. The molecule has 0 amide bonds. The molecule has 1 N–H and O–H groups in total. The van der Waals surface area contributed by atoms with Crippen molar-refractivity contribution >= 4 is 17.3 Å². The van der Waals surface area contributed by atoms with E-state index in [2.05, 4.69) is 17.1 Å². The van der Waals surface area contributed by atoms with Crippen molar-refractivity contribution < 1.29 is 9.66 Å². The van der Waals surface area contributed by atoms with Crippen LogP contribution in [0.5, 0.6) is 0 Å². The summed E-state index contributed by atoms with van der Waals surface area (Å²) in [7, 11) is 0. The molecule has 0 spiro atoms. The first-order valence-electron chi connectivity index (χ1n) is 7.07. The average molecular weight is 314 g/mol. The Labute approximate surface area is 129 Å². The number of morpholine rings is 1. The Morgan fingerprint density at radius 2 is 2.38 bits per heavy atom. The molecule has 0 aromatic heterocycles. The Hall–Kier alpha value is -1.21. The second-order valence-corrected chi connectivity index (χ2v) is 5.46. The molecule has 7 heteroatoms. The number of non-ortho nitro benzene ring substituents is 1. The third-order valence-corrected chi connectivity index (χ3v) is 3.96. The van der Waals surface area contributed by atoms with E-state index in [9.17, 15) is 10.1 Å². The number of hydrogen-bond acceptors (Lipinski definition) is 5. The summed E-state index contributed by atoms with van der Waals surface area (Å²) >= 11 is 6.06. The number of nitro benzene ring substituents is 1. The summed E-state index contributed by atoms with van der Waals surface area (Å²) in [4.78, 5) is 12.6. The van der Waals surface area contributed by atoms with Crippen LogP contribution in [-0.4, -0.2) is 48.7 Å². The first-order chi connectivity index (χ1) is 10.1. The van der Waals surface area contributed by atoms with Crippen LogP contribution in [0.4, 0.5) is 5.69 Å². The fraction of sp³-hybridized carbons (Fsp3) is 0.571. The number of ether oxygens (including phenoxy) is 1. The maximum Gasteiger partial charge on any atom is 0.270 e. The van der Waals surface area contributed by atoms with Crippen molar-refractivity contribution in [3.8, 4) is 0 Å². The van der Waals surface area contributed by atoms with Gasteiger partial charge in [-0.2, -0.15) is 0 Å². The highest BCUT2D eigenvalue weighted by atomic mass is 35.5. The van der Waals surface area contributed by atoms with Gasteiger partial charge >= 0.3 is 0 Å². The van der Waals surface area contributed by atoms with Crippen LogP contribution in [0, 0.1) is 10.1 Å². The zero-order chi connectivity index (χ0) is 15.2. The summed E-state index contributed by atoms with van der Waals surface area (Å²) in [5.41, 5.74) is 0.864. The van der Waals surface area contributed by atoms with Gasteiger partial charge in [-0.25, -0.2) is 0 Å². The van der Waals surface area contributed by atoms with Crippen molar-refractivity contribution in [1.29, 1.82) is 0 Å². The minimum absolute atomic E-state index is 0.0120. The number of nitro groups is 1. The average Bonchev–Trinajstić information content (AvgIpc) is 2.49. The highest BCUT2D eigenvalue weighted by molar-refractivity contribution is 6.31. The number of rotatable bonds is 6. The lowest BCUT2D eigenvalue weighted by Crippen LogP contribution is -2.46. The molecular weight excluding hydrogens is 294 g/mol. The van der Waals surface area contributed by atoms with Gasteiger partial charge in [-0.1, -0.05) is 18.5 Å². The van der Waals surface area contributed by atoms with Crippen molar-refractivity contribution in [2.24, 2.45) is 0 Å². The first kappa shape index (κ1) is 16.2. The van der Waals surface area contributed by atoms with E-state index in [1.807, 2.05) is 0 Å². The van der Waals surface area contributed by atoms with Crippen LogP contribution >= 0.6 is 11.6 Å². The Balaban J connectivity index is 1.82. The van der Waals surface area contributed by atoms with Crippen molar-refractivity contribution in [2.45, 2.75) is 19.6 Å². The molecule has 0 aliphatic carbocycles. The minimum atomic E-state index is -0.446. The second kappa shape index (κ2) is 7.70. The van der Waals surface area contributed by atoms with E-state index in [0.29, 0.717) is 11.6 Å². The smallest absolute Gasteiger partial charge is 0.270 e. The number of halogens is 1. The predicted octanol–water partition coefficient (Wildman–Crippen LogP) is 2.06. The van der Waals surface area contributed by atoms with Gasteiger partial charge in [0.1, 0.15) is 0 Å². The van der Waals surface area contributed by atoms with Gasteiger partial charge in [0.05, 0.1) is 22.7 Å². The normalized spacial score (nSPS) is 19.6. The van der Waals surface area contributed by atoms with Gasteiger partial charge in [-0.15, -0.1) is 0 Å². The zero-order valence-corrected chi connectivity index (χ0v) is 12.8. The Bertz CT molecular complexity index is 498. The van der Waals surface area contributed by atoms with E-state index in [0.717, 1.165) is 38.3 Å². The third kappa shape index (κ3) is 4.64. The minimum Gasteiger partial charge on any atom is -0.374 e. The lowest BCUT2D eigenvalue weighted by molar-refractivity contribution is -0.384. The lowest BCUT2D eigenvalue weighted by Gasteiger charge is -2.32. The van der Waals surface area contributed by atoms with Gasteiger partial charge < -0.3 is 10.1 Å². The molecule has 1 aromatic carbocycles. The molecule has 6 nitrogen and oxygen atoms in total. The fourth-order valence-electron chi connectivity index (χ4n) is 2.35. The van der Waals surface area contributed by atoms with E-state index in [-0.39, 0.29) is 11.8 Å². The fourth-order valence-corrected chi connectivity index (χ4v) is 2.59. The molecule has 0 radical (unpaired) electrons. The molecule has 0 bridgehead atoms. The molecule has 21 heavy (non-hydrogen) atoms. The topological polar surface area (TPSA) is 67.6 Å². The van der Waals surface area contributed by atoms with E-state index in [1.54, 1.807) is 6.07 Å². The largest absolute Gasteiger partial charge is 0.374 e. The highest BCUT2D eigenvalue weighted by Crippen LogP contribution is 2.22. The molecule has 1 heterocycles. The molecule has 1 saturated heterocycles. The standard InChI is InChI=1S/C14H20ClN3O3/c1-2-17-5-6-21-13(10-17)9-16-8-11-3-4-12(18(19)20)7-14(11)15/h3-4,7,13,16H,2,5-6,8-10H2,1H3. The number of likely N-dealkylation sites (N-methyl/N-ethyl adjacent to an activating group) is 1. The van der Waals surface area contributed by atoms with Gasteiger partial charge in [0, 0.05) is 38.3 Å². The predicted molar refractivity (Wildman–Crippen MR) is 81.7 cm³/mol. The van der Waals surface area contributed by atoms with Crippen LogP contribution in [-0.2, 0) is 11.3 Å². The van der Waals surface area contributed by atoms with Crippen molar-refractivity contribution in [1.82, 2.24) is 10.2 Å². The summed E-state index contributed by atoms with van der Waals surface area (Å²) in [6.45, 7) is 7.17. The van der Waals surface area contributed by atoms with Crippen LogP contribution in [0.2, 0.25) is 5.02 Å². The van der Waals surface area contributed by atoms with Gasteiger partial charge in [-0.05, 0) is 18.2 Å². The summed E-state index contributed by atoms with van der Waals surface area (Å²) in [5, 5.41) is 14.4. The Morgan fingerprint density at radius 3 is 3.05 bits per heavy atom. The Kier molecular flexibility index (Phi) is 5.93. The Morgan fingerprint density at radius 1 is 1.57 bits per heavy atom. The van der Waals surface area contributed by atoms with Gasteiger partial charge in [0.15, 0.2) is 0 Å².